The second-order valence-corrected chi connectivity index (χ2v) is 5.41. The predicted molar refractivity (Wildman–Crippen MR) is 79.7 cm³/mol. The number of hydrogen-bond donors (Lipinski definition) is 0. The van der Waals surface area contributed by atoms with Gasteiger partial charge in [0.05, 0.1) is 5.02 Å². The molecule has 104 valence electrons. The summed E-state index contributed by atoms with van der Waals surface area (Å²) in [7, 11) is 0. The Labute approximate surface area is 123 Å². The Kier molecular flexibility index (Phi) is 4.56. The van der Waals surface area contributed by atoms with Gasteiger partial charge in [-0.3, -0.25) is 4.79 Å². The van der Waals surface area contributed by atoms with E-state index in [1.54, 1.807) is 12.1 Å². The molecule has 2 aromatic carbocycles. The van der Waals surface area contributed by atoms with E-state index in [0.29, 0.717) is 12.0 Å². The molecular weight excluding hydrogens is 275 g/mol. The minimum Gasteiger partial charge on any atom is -0.299 e. The molecule has 2 aromatic rings. The van der Waals surface area contributed by atoms with Crippen molar-refractivity contribution in [2.75, 3.05) is 0 Å². The van der Waals surface area contributed by atoms with Crippen LogP contribution in [0, 0.1) is 19.7 Å². The zero-order valence-corrected chi connectivity index (χ0v) is 12.3. The van der Waals surface area contributed by atoms with Crippen LogP contribution in [0.5, 0.6) is 0 Å². The van der Waals surface area contributed by atoms with E-state index in [1.165, 1.54) is 6.07 Å². The molecule has 0 unspecified atom stereocenters. The second kappa shape index (κ2) is 6.19. The molecule has 0 aliphatic rings. The highest BCUT2D eigenvalue weighted by Gasteiger charge is 2.12. The van der Waals surface area contributed by atoms with E-state index < -0.39 is 5.82 Å². The van der Waals surface area contributed by atoms with Crippen LogP contribution < -0.4 is 0 Å². The number of hydrogen-bond acceptors (Lipinski definition) is 1. The maximum absolute atomic E-state index is 13.3. The van der Waals surface area contributed by atoms with Gasteiger partial charge < -0.3 is 0 Å². The van der Waals surface area contributed by atoms with E-state index in [1.807, 2.05) is 32.0 Å². The lowest BCUT2D eigenvalue weighted by Crippen LogP contribution is -2.08. The molecule has 0 amide bonds. The number of Topliss-reactive ketones (excluding diaryl/α,β-unsaturated/α-hetero) is 1. The number of ketones is 1. The van der Waals surface area contributed by atoms with Gasteiger partial charge in [0.2, 0.25) is 0 Å². The molecule has 0 heterocycles. The fraction of sp³-hybridized carbons (Fsp3) is 0.235. The van der Waals surface area contributed by atoms with Gasteiger partial charge in [0.25, 0.3) is 0 Å². The number of carbonyl (C=O) groups excluding carboxylic acids is 1. The normalized spacial score (nSPS) is 10.6. The van der Waals surface area contributed by atoms with Crippen molar-refractivity contribution in [1.82, 2.24) is 0 Å². The Morgan fingerprint density at radius 3 is 2.55 bits per heavy atom. The van der Waals surface area contributed by atoms with Crippen molar-refractivity contribution < 1.29 is 9.18 Å². The summed E-state index contributed by atoms with van der Waals surface area (Å²) in [6.07, 6.45) is 0.504. The van der Waals surface area contributed by atoms with Crippen LogP contribution in [-0.2, 0) is 17.6 Å². The topological polar surface area (TPSA) is 17.1 Å². The SMILES string of the molecule is Cc1ccc(C)c(CC(=O)Cc2cccc(F)c2Cl)c1. The number of aryl methyl sites for hydroxylation is 2. The Morgan fingerprint density at radius 2 is 1.80 bits per heavy atom. The zero-order chi connectivity index (χ0) is 14.7. The molecule has 0 radical (unpaired) electrons. The van der Waals surface area contributed by atoms with Crippen LogP contribution in [0.3, 0.4) is 0 Å². The molecule has 0 aliphatic heterocycles. The largest absolute Gasteiger partial charge is 0.299 e. The Balaban J connectivity index is 2.13. The predicted octanol–water partition coefficient (Wildman–Crippen LogP) is 4.45. The van der Waals surface area contributed by atoms with Crippen LogP contribution in [0.25, 0.3) is 0 Å². The average molecular weight is 291 g/mol. The number of carbonyl (C=O) groups is 1. The fourth-order valence-electron chi connectivity index (χ4n) is 2.16. The molecule has 0 aliphatic carbocycles. The highest BCUT2D eigenvalue weighted by molar-refractivity contribution is 6.31. The molecule has 1 nitrogen and oxygen atoms in total. The van der Waals surface area contributed by atoms with Crippen LogP contribution in [-0.4, -0.2) is 5.78 Å². The van der Waals surface area contributed by atoms with Crippen LogP contribution in [0.4, 0.5) is 4.39 Å². The quantitative estimate of drug-likeness (QED) is 0.813. The van der Waals surface area contributed by atoms with Crippen molar-refractivity contribution in [2.45, 2.75) is 26.7 Å². The fourth-order valence-corrected chi connectivity index (χ4v) is 2.36. The Hall–Kier alpha value is -1.67. The zero-order valence-electron chi connectivity index (χ0n) is 11.5. The van der Waals surface area contributed by atoms with Crippen LogP contribution >= 0.6 is 11.6 Å². The summed E-state index contributed by atoms with van der Waals surface area (Å²) in [6, 6.07) is 10.6. The number of benzene rings is 2. The van der Waals surface area contributed by atoms with Gasteiger partial charge in [0.15, 0.2) is 0 Å². The summed E-state index contributed by atoms with van der Waals surface area (Å²) < 4.78 is 13.3. The van der Waals surface area contributed by atoms with Crippen LogP contribution in [0.15, 0.2) is 36.4 Å². The molecule has 0 fully saturated rings. The van der Waals surface area contributed by atoms with Gasteiger partial charge in [0.1, 0.15) is 11.6 Å². The molecule has 0 bridgehead atoms. The van der Waals surface area contributed by atoms with Crippen molar-refractivity contribution in [1.29, 1.82) is 0 Å². The van der Waals surface area contributed by atoms with E-state index in [-0.39, 0.29) is 17.2 Å². The summed E-state index contributed by atoms with van der Waals surface area (Å²) in [5.74, 6) is -0.449. The van der Waals surface area contributed by atoms with E-state index in [9.17, 15) is 9.18 Å². The lowest BCUT2D eigenvalue weighted by atomic mass is 9.98. The first-order valence-corrected chi connectivity index (χ1v) is 6.86. The molecule has 20 heavy (non-hydrogen) atoms. The standard InChI is InChI=1S/C17H16ClFO/c1-11-6-7-12(2)14(8-11)10-15(20)9-13-4-3-5-16(19)17(13)18/h3-8H,9-10H2,1-2H3. The first-order chi connectivity index (χ1) is 9.47. The van der Waals surface area contributed by atoms with E-state index in [2.05, 4.69) is 0 Å². The third-order valence-corrected chi connectivity index (χ3v) is 3.73. The third-order valence-electron chi connectivity index (χ3n) is 3.31. The average Bonchev–Trinajstić information content (AvgIpc) is 2.39. The monoisotopic (exact) mass is 290 g/mol. The molecule has 3 heteroatoms. The van der Waals surface area contributed by atoms with Crippen molar-refractivity contribution in [3.05, 3.63) is 69.5 Å². The first kappa shape index (κ1) is 14.7. The van der Waals surface area contributed by atoms with Gasteiger partial charge in [-0.15, -0.1) is 0 Å². The summed E-state index contributed by atoms with van der Waals surface area (Å²) in [5, 5.41) is 0.0433. The number of halogens is 2. The van der Waals surface area contributed by atoms with Gasteiger partial charge in [-0.05, 0) is 36.6 Å². The molecule has 0 N–H and O–H groups in total. The minimum atomic E-state index is -0.483. The molecule has 0 saturated heterocycles. The molecule has 0 aromatic heterocycles. The Morgan fingerprint density at radius 1 is 1.10 bits per heavy atom. The second-order valence-electron chi connectivity index (χ2n) is 5.04. The summed E-state index contributed by atoms with van der Waals surface area (Å²) >= 11 is 5.87. The highest BCUT2D eigenvalue weighted by Crippen LogP contribution is 2.21. The Bertz CT molecular complexity index is 643. The minimum absolute atomic E-state index is 0.0335. The van der Waals surface area contributed by atoms with Gasteiger partial charge in [-0.2, -0.15) is 0 Å². The van der Waals surface area contributed by atoms with E-state index >= 15 is 0 Å². The maximum Gasteiger partial charge on any atom is 0.142 e. The molecule has 0 atom stereocenters. The third kappa shape index (κ3) is 3.45. The van der Waals surface area contributed by atoms with Crippen molar-refractivity contribution >= 4 is 17.4 Å². The van der Waals surface area contributed by atoms with E-state index in [0.717, 1.165) is 16.7 Å². The lowest BCUT2D eigenvalue weighted by Gasteiger charge is -2.08. The molecular formula is C17H16ClFO. The summed E-state index contributed by atoms with van der Waals surface area (Å²) in [6.45, 7) is 3.98. The van der Waals surface area contributed by atoms with Crippen LogP contribution in [0.2, 0.25) is 5.02 Å². The van der Waals surface area contributed by atoms with Gasteiger partial charge in [0, 0.05) is 12.8 Å². The van der Waals surface area contributed by atoms with Gasteiger partial charge in [-0.25, -0.2) is 4.39 Å². The molecule has 0 spiro atoms. The first-order valence-electron chi connectivity index (χ1n) is 6.48. The van der Waals surface area contributed by atoms with Gasteiger partial charge >= 0.3 is 0 Å². The van der Waals surface area contributed by atoms with Crippen LogP contribution in [0.1, 0.15) is 22.3 Å². The molecule has 0 saturated carbocycles. The van der Waals surface area contributed by atoms with Crippen molar-refractivity contribution in [3.63, 3.8) is 0 Å². The lowest BCUT2D eigenvalue weighted by molar-refractivity contribution is -0.117. The summed E-state index contributed by atoms with van der Waals surface area (Å²) in [4.78, 5) is 12.1. The van der Waals surface area contributed by atoms with Gasteiger partial charge in [-0.1, -0.05) is 47.5 Å². The molecule has 2 rings (SSSR count). The van der Waals surface area contributed by atoms with E-state index in [4.69, 9.17) is 11.6 Å². The summed E-state index contributed by atoms with van der Waals surface area (Å²) in [5.41, 5.74) is 3.78. The number of rotatable bonds is 4. The highest BCUT2D eigenvalue weighted by atomic mass is 35.5. The van der Waals surface area contributed by atoms with Crippen molar-refractivity contribution in [2.24, 2.45) is 0 Å². The van der Waals surface area contributed by atoms with Crippen molar-refractivity contribution in [3.8, 4) is 0 Å². The maximum atomic E-state index is 13.3. The smallest absolute Gasteiger partial charge is 0.142 e.